The van der Waals surface area contributed by atoms with Gasteiger partial charge in [-0.15, -0.1) is 0 Å². The number of rotatable bonds is 11. The van der Waals surface area contributed by atoms with Crippen LogP contribution in [-0.4, -0.2) is 121 Å². The van der Waals surface area contributed by atoms with E-state index < -0.39 is 116 Å². The molecule has 0 aromatic heterocycles. The van der Waals surface area contributed by atoms with Crippen LogP contribution in [0.4, 0.5) is 0 Å². The Balaban J connectivity index is 2.66. The zero-order valence-electron chi connectivity index (χ0n) is 25.3. The number of amides is 2. The lowest BCUT2D eigenvalue weighted by Crippen LogP contribution is -2.70. The Morgan fingerprint density at radius 1 is 0.568 bits per heavy atom. The fourth-order valence-electron chi connectivity index (χ4n) is 4.70. The smallest absolute Gasteiger partial charge is 0.303 e. The van der Waals surface area contributed by atoms with Crippen LogP contribution in [-0.2, 0) is 71.5 Å². The fraction of sp³-hybridized carbons (Fsp3) is 0.731. The Labute approximate surface area is 252 Å². The minimum Gasteiger partial charge on any atom is -0.463 e. The first-order valence-corrected chi connectivity index (χ1v) is 13.5. The molecule has 2 rings (SSSR count). The first-order chi connectivity index (χ1) is 20.5. The Hall–Kier alpha value is -3.87. The van der Waals surface area contributed by atoms with Gasteiger partial charge in [0.25, 0.3) is 0 Å². The molecule has 44 heavy (non-hydrogen) atoms. The van der Waals surface area contributed by atoms with Crippen LogP contribution < -0.4 is 10.6 Å². The van der Waals surface area contributed by atoms with Gasteiger partial charge in [-0.25, -0.2) is 0 Å². The molecule has 248 valence electrons. The third-order valence-electron chi connectivity index (χ3n) is 6.15. The summed E-state index contributed by atoms with van der Waals surface area (Å²) >= 11 is 0. The second-order valence-electron chi connectivity index (χ2n) is 9.99. The molecule has 2 aliphatic rings. The standard InChI is InChI=1S/C26H38N2O16/c1-10(29)27-19-23(40-15(6)34)22(17(42-25(19)36)8-37-12(3)31)44-26-20(28-11(2)30)24(41-16(7)35)21(39-14(5)33)18(43-26)9-38-13(4)32/h17-26,36H,8-9H2,1-7H3,(H,27,29)(H,28,30)/t17?,18?,19-,20+,21+,22-,23+,24+,25+,26-/m0/s1. The maximum Gasteiger partial charge on any atom is 0.303 e. The van der Waals surface area contributed by atoms with Gasteiger partial charge < -0.3 is 53.6 Å². The van der Waals surface area contributed by atoms with Gasteiger partial charge in [0.15, 0.2) is 30.9 Å². The zero-order valence-corrected chi connectivity index (χ0v) is 25.3. The molecule has 0 spiro atoms. The third kappa shape index (κ3) is 10.7. The Morgan fingerprint density at radius 2 is 0.977 bits per heavy atom. The van der Waals surface area contributed by atoms with Crippen molar-refractivity contribution in [1.82, 2.24) is 10.6 Å². The Morgan fingerprint density at radius 3 is 1.41 bits per heavy atom. The fourth-order valence-corrected chi connectivity index (χ4v) is 4.70. The van der Waals surface area contributed by atoms with Gasteiger partial charge in [0, 0.05) is 48.5 Å². The highest BCUT2D eigenvalue weighted by atomic mass is 16.7. The molecule has 2 amide bonds. The molecule has 0 aliphatic carbocycles. The minimum absolute atomic E-state index is 0.531. The van der Waals surface area contributed by atoms with E-state index in [0.29, 0.717) is 0 Å². The Kier molecular flexibility index (Phi) is 13.4. The van der Waals surface area contributed by atoms with Crippen molar-refractivity contribution < 1.29 is 76.6 Å². The van der Waals surface area contributed by atoms with E-state index in [0.717, 1.165) is 48.5 Å². The number of nitrogens with one attached hydrogen (secondary N) is 2. The molecule has 3 N–H and O–H groups in total. The van der Waals surface area contributed by atoms with Crippen LogP contribution >= 0.6 is 0 Å². The zero-order chi connectivity index (χ0) is 33.3. The molecule has 10 atom stereocenters. The number of carbonyl (C=O) groups excluding carboxylic acids is 7. The van der Waals surface area contributed by atoms with Crippen molar-refractivity contribution in [2.24, 2.45) is 0 Å². The lowest BCUT2D eigenvalue weighted by molar-refractivity contribution is -0.330. The highest BCUT2D eigenvalue weighted by molar-refractivity contribution is 5.74. The SMILES string of the molecule is CC(=O)N[C@H]1[C@H](O[C@H]2C(COC(C)=O)O[C@@H](O)[C@@H](NC(C)=O)[C@H]2OC(C)=O)OC(COC(C)=O)[C@@H](OC(C)=O)[C@@H]1OC(C)=O. The number of aliphatic hydroxyl groups is 1. The number of carbonyl (C=O) groups is 7. The van der Waals surface area contributed by atoms with Gasteiger partial charge in [-0.1, -0.05) is 0 Å². The number of ether oxygens (including phenoxy) is 8. The van der Waals surface area contributed by atoms with E-state index in [4.69, 9.17) is 37.9 Å². The summed E-state index contributed by atoms with van der Waals surface area (Å²) in [6.45, 7) is 6.58. The molecular weight excluding hydrogens is 596 g/mol. The van der Waals surface area contributed by atoms with Crippen molar-refractivity contribution in [3.05, 3.63) is 0 Å². The van der Waals surface area contributed by atoms with Crippen LogP contribution in [0.5, 0.6) is 0 Å². The normalized spacial score (nSPS) is 31.5. The van der Waals surface area contributed by atoms with E-state index in [1.54, 1.807) is 0 Å². The molecule has 2 aliphatic heterocycles. The second kappa shape index (κ2) is 16.3. The average molecular weight is 635 g/mol. The first kappa shape index (κ1) is 36.3. The number of aliphatic hydroxyl groups excluding tert-OH is 1. The summed E-state index contributed by atoms with van der Waals surface area (Å²) in [7, 11) is 0. The van der Waals surface area contributed by atoms with Gasteiger partial charge >= 0.3 is 29.8 Å². The number of hydrogen-bond acceptors (Lipinski definition) is 16. The summed E-state index contributed by atoms with van der Waals surface area (Å²) in [5.74, 6) is -5.31. The van der Waals surface area contributed by atoms with Crippen LogP contribution in [0.15, 0.2) is 0 Å². The van der Waals surface area contributed by atoms with Crippen LogP contribution in [0, 0.1) is 0 Å². The topological polar surface area (TPSA) is 238 Å². The third-order valence-corrected chi connectivity index (χ3v) is 6.15. The molecule has 0 aromatic carbocycles. The summed E-state index contributed by atoms with van der Waals surface area (Å²) in [5.41, 5.74) is 0. The Bertz CT molecular complexity index is 1100. The lowest BCUT2D eigenvalue weighted by atomic mass is 9.94. The van der Waals surface area contributed by atoms with E-state index in [1.165, 1.54) is 0 Å². The quantitative estimate of drug-likeness (QED) is 0.161. The van der Waals surface area contributed by atoms with Gasteiger partial charge in [-0.2, -0.15) is 0 Å². The predicted molar refractivity (Wildman–Crippen MR) is 140 cm³/mol. The van der Waals surface area contributed by atoms with Gasteiger partial charge in [0.2, 0.25) is 11.8 Å². The largest absolute Gasteiger partial charge is 0.463 e. The van der Waals surface area contributed by atoms with E-state index in [1.807, 2.05) is 0 Å². The van der Waals surface area contributed by atoms with Gasteiger partial charge in [0.1, 0.15) is 43.6 Å². The minimum atomic E-state index is -1.78. The molecule has 18 nitrogen and oxygen atoms in total. The molecular formula is C26H38N2O16. The van der Waals surface area contributed by atoms with Gasteiger partial charge in [0.05, 0.1) is 0 Å². The monoisotopic (exact) mass is 634 g/mol. The maximum atomic E-state index is 12.3. The summed E-state index contributed by atoms with van der Waals surface area (Å²) in [6, 6.07) is -2.83. The maximum absolute atomic E-state index is 12.3. The van der Waals surface area contributed by atoms with Crippen LogP contribution in [0.2, 0.25) is 0 Å². The summed E-state index contributed by atoms with van der Waals surface area (Å²) in [5, 5.41) is 15.6. The van der Waals surface area contributed by atoms with Crippen LogP contribution in [0.25, 0.3) is 0 Å². The summed E-state index contributed by atoms with van der Waals surface area (Å²) in [6.07, 6.45) is -12.1. The van der Waals surface area contributed by atoms with Crippen molar-refractivity contribution in [3.63, 3.8) is 0 Å². The number of esters is 5. The summed E-state index contributed by atoms with van der Waals surface area (Å²) in [4.78, 5) is 83.8. The second-order valence-corrected chi connectivity index (χ2v) is 9.99. The van der Waals surface area contributed by atoms with Crippen molar-refractivity contribution in [2.45, 2.75) is 110 Å². The van der Waals surface area contributed by atoms with E-state index >= 15 is 0 Å². The van der Waals surface area contributed by atoms with Crippen molar-refractivity contribution in [2.75, 3.05) is 13.2 Å². The number of hydrogen-bond donors (Lipinski definition) is 3. The van der Waals surface area contributed by atoms with Gasteiger partial charge in [-0.05, 0) is 0 Å². The van der Waals surface area contributed by atoms with Crippen LogP contribution in [0.3, 0.4) is 0 Å². The first-order valence-electron chi connectivity index (χ1n) is 13.5. The molecule has 2 unspecified atom stereocenters. The van der Waals surface area contributed by atoms with Crippen molar-refractivity contribution >= 4 is 41.7 Å². The van der Waals surface area contributed by atoms with Gasteiger partial charge in [-0.3, -0.25) is 33.6 Å². The summed E-state index contributed by atoms with van der Waals surface area (Å²) < 4.78 is 44.2. The van der Waals surface area contributed by atoms with E-state index in [2.05, 4.69) is 10.6 Å². The van der Waals surface area contributed by atoms with Crippen molar-refractivity contribution in [1.29, 1.82) is 0 Å². The molecule has 0 saturated carbocycles. The molecule has 2 saturated heterocycles. The van der Waals surface area contributed by atoms with E-state index in [-0.39, 0.29) is 0 Å². The average Bonchev–Trinajstić information content (AvgIpc) is 2.87. The highest BCUT2D eigenvalue weighted by Gasteiger charge is 2.55. The highest BCUT2D eigenvalue weighted by Crippen LogP contribution is 2.33. The van der Waals surface area contributed by atoms with Crippen molar-refractivity contribution in [3.8, 4) is 0 Å². The lowest BCUT2D eigenvalue weighted by Gasteiger charge is -2.49. The molecule has 18 heteroatoms. The molecule has 2 fully saturated rings. The molecule has 2 heterocycles. The molecule has 0 bridgehead atoms. The van der Waals surface area contributed by atoms with Crippen LogP contribution in [0.1, 0.15) is 48.5 Å². The molecule has 0 radical (unpaired) electrons. The van der Waals surface area contributed by atoms with E-state index in [9.17, 15) is 38.7 Å². The predicted octanol–water partition coefficient (Wildman–Crippen LogP) is -2.26. The molecule has 0 aromatic rings.